The highest BCUT2D eigenvalue weighted by molar-refractivity contribution is 5.77. The fourth-order valence-electron chi connectivity index (χ4n) is 4.26. The highest BCUT2D eigenvalue weighted by Gasteiger charge is 2.28. The van der Waals surface area contributed by atoms with Gasteiger partial charge in [-0.3, -0.25) is 9.88 Å². The number of pyridine rings is 1. The zero-order valence-corrected chi connectivity index (χ0v) is 17.2. The number of aliphatic hydroxyl groups excluding tert-OH is 1. The van der Waals surface area contributed by atoms with Crippen molar-refractivity contribution in [2.45, 2.75) is 25.0 Å². The molecule has 1 fully saturated rings. The molecule has 0 saturated carbocycles. The van der Waals surface area contributed by atoms with Crippen molar-refractivity contribution in [3.63, 3.8) is 0 Å². The Morgan fingerprint density at radius 3 is 2.84 bits per heavy atom. The zero-order valence-electron chi connectivity index (χ0n) is 17.2. The van der Waals surface area contributed by atoms with Crippen LogP contribution in [0.3, 0.4) is 0 Å². The van der Waals surface area contributed by atoms with Gasteiger partial charge in [0.1, 0.15) is 24.0 Å². The number of nitrogens with zero attached hydrogens (tertiary/aromatic N) is 3. The number of hydrogen-bond donors (Lipinski definition) is 1. The van der Waals surface area contributed by atoms with E-state index in [-0.39, 0.29) is 6.61 Å². The number of aromatic nitrogens is 2. The summed E-state index contributed by atoms with van der Waals surface area (Å²) in [5.41, 5.74) is 3.53. The lowest BCUT2D eigenvalue weighted by Gasteiger charge is -2.27. The summed E-state index contributed by atoms with van der Waals surface area (Å²) < 4.78 is 11.9. The number of benzene rings is 2. The van der Waals surface area contributed by atoms with Crippen LogP contribution in [0.2, 0.25) is 0 Å². The van der Waals surface area contributed by atoms with Crippen LogP contribution in [0.5, 0.6) is 5.75 Å². The van der Waals surface area contributed by atoms with Gasteiger partial charge in [-0.1, -0.05) is 30.3 Å². The van der Waals surface area contributed by atoms with Crippen LogP contribution in [0.1, 0.15) is 24.4 Å². The predicted octanol–water partition coefficient (Wildman–Crippen LogP) is 4.47. The van der Waals surface area contributed by atoms with E-state index in [4.69, 9.17) is 9.15 Å². The molecule has 5 rings (SSSR count). The molecule has 31 heavy (non-hydrogen) atoms. The molecule has 2 unspecified atom stereocenters. The summed E-state index contributed by atoms with van der Waals surface area (Å²) in [6.07, 6.45) is 5.31. The minimum Gasteiger partial charge on any atom is -0.490 e. The van der Waals surface area contributed by atoms with Gasteiger partial charge >= 0.3 is 0 Å². The first-order valence-corrected chi connectivity index (χ1v) is 10.7. The normalized spacial score (nSPS) is 17.8. The maximum Gasteiger partial charge on any atom is 0.231 e. The molecule has 0 radical (unpaired) electrons. The van der Waals surface area contributed by atoms with Gasteiger partial charge in [0.2, 0.25) is 5.89 Å². The Labute approximate surface area is 181 Å². The average Bonchev–Trinajstić information content (AvgIpc) is 3.45. The Bertz CT molecular complexity index is 1110. The molecular weight excluding hydrogens is 390 g/mol. The largest absolute Gasteiger partial charge is 0.490 e. The molecule has 6 nitrogen and oxygen atoms in total. The minimum atomic E-state index is -0.603. The van der Waals surface area contributed by atoms with Crippen LogP contribution in [0, 0.1) is 0 Å². The number of rotatable bonds is 7. The van der Waals surface area contributed by atoms with Crippen LogP contribution in [0.15, 0.2) is 77.5 Å². The fourth-order valence-corrected chi connectivity index (χ4v) is 4.26. The van der Waals surface area contributed by atoms with Crippen LogP contribution in [0.4, 0.5) is 0 Å². The lowest BCUT2D eigenvalue weighted by atomic mass is 10.1. The third kappa shape index (κ3) is 4.31. The number of oxazole rings is 1. The molecule has 2 atom stereocenters. The zero-order chi connectivity index (χ0) is 21.0. The molecule has 1 aliphatic rings. The summed E-state index contributed by atoms with van der Waals surface area (Å²) in [6.45, 7) is 1.73. The molecule has 158 valence electrons. The van der Waals surface area contributed by atoms with E-state index in [0.29, 0.717) is 24.2 Å². The van der Waals surface area contributed by atoms with Crippen molar-refractivity contribution in [3.05, 3.63) is 78.6 Å². The van der Waals surface area contributed by atoms with E-state index in [0.717, 1.165) is 36.0 Å². The summed E-state index contributed by atoms with van der Waals surface area (Å²) in [4.78, 5) is 11.1. The van der Waals surface area contributed by atoms with Gasteiger partial charge in [-0.05, 0) is 55.3 Å². The van der Waals surface area contributed by atoms with E-state index in [1.54, 1.807) is 6.20 Å². The molecule has 0 spiro atoms. The van der Waals surface area contributed by atoms with Crippen LogP contribution in [0.25, 0.3) is 22.6 Å². The van der Waals surface area contributed by atoms with Crippen molar-refractivity contribution in [1.82, 2.24) is 14.9 Å². The molecule has 1 N–H and O–H groups in total. The molecule has 1 saturated heterocycles. The van der Waals surface area contributed by atoms with E-state index in [9.17, 15) is 5.11 Å². The summed E-state index contributed by atoms with van der Waals surface area (Å²) in [5, 5.41) is 10.7. The Morgan fingerprint density at radius 1 is 1.10 bits per heavy atom. The maximum absolute atomic E-state index is 10.7. The maximum atomic E-state index is 10.7. The molecule has 0 amide bonds. The van der Waals surface area contributed by atoms with E-state index in [1.807, 2.05) is 60.8 Å². The van der Waals surface area contributed by atoms with E-state index in [1.165, 1.54) is 5.56 Å². The number of fused-ring (bicyclic) bond motifs is 1. The lowest BCUT2D eigenvalue weighted by molar-refractivity contribution is 0.0639. The third-order valence-electron chi connectivity index (χ3n) is 5.72. The van der Waals surface area contributed by atoms with E-state index >= 15 is 0 Å². The highest BCUT2D eigenvalue weighted by Crippen LogP contribution is 2.33. The van der Waals surface area contributed by atoms with Crippen molar-refractivity contribution >= 4 is 11.1 Å². The van der Waals surface area contributed by atoms with Crippen LogP contribution >= 0.6 is 0 Å². The second kappa shape index (κ2) is 8.88. The van der Waals surface area contributed by atoms with E-state index in [2.05, 4.69) is 20.9 Å². The first kappa shape index (κ1) is 19.7. The van der Waals surface area contributed by atoms with Gasteiger partial charge in [-0.15, -0.1) is 0 Å². The van der Waals surface area contributed by atoms with Crippen molar-refractivity contribution in [2.24, 2.45) is 0 Å². The summed E-state index contributed by atoms with van der Waals surface area (Å²) in [6, 6.07) is 19.7. The number of hydrogen-bond acceptors (Lipinski definition) is 6. The molecule has 4 aromatic rings. The van der Waals surface area contributed by atoms with Crippen molar-refractivity contribution in [2.75, 3.05) is 19.7 Å². The van der Waals surface area contributed by atoms with Gasteiger partial charge < -0.3 is 14.3 Å². The second-order valence-electron chi connectivity index (χ2n) is 7.89. The number of β-amino-alcohol motifs (C(OH)–C–C–N with tert-alkyl or cyclic N) is 1. The molecule has 3 heterocycles. The fraction of sp³-hybridized carbons (Fsp3) is 0.280. The molecular formula is C25H25N3O3. The van der Waals surface area contributed by atoms with Crippen molar-refractivity contribution in [3.8, 4) is 17.2 Å². The van der Waals surface area contributed by atoms with Gasteiger partial charge in [0.15, 0.2) is 5.58 Å². The topological polar surface area (TPSA) is 71.6 Å². The number of para-hydroxylation sites is 3. The van der Waals surface area contributed by atoms with Crippen LogP contribution < -0.4 is 4.74 Å². The smallest absolute Gasteiger partial charge is 0.231 e. The Balaban J connectivity index is 1.26. The molecule has 1 aliphatic heterocycles. The molecule has 6 heteroatoms. The molecule has 0 bridgehead atoms. The van der Waals surface area contributed by atoms with Crippen molar-refractivity contribution in [1.29, 1.82) is 0 Å². The molecule has 2 aromatic carbocycles. The van der Waals surface area contributed by atoms with Gasteiger partial charge in [0, 0.05) is 25.0 Å². The SMILES string of the molecule is OC(COc1ccccc1-c1nc2ccccc2o1)CN1CCCC1c1cccnc1. The van der Waals surface area contributed by atoms with Crippen LogP contribution in [-0.2, 0) is 0 Å². The Morgan fingerprint density at radius 2 is 1.97 bits per heavy atom. The average molecular weight is 415 g/mol. The first-order valence-electron chi connectivity index (χ1n) is 10.7. The summed E-state index contributed by atoms with van der Waals surface area (Å²) in [7, 11) is 0. The quantitative estimate of drug-likeness (QED) is 0.480. The second-order valence-corrected chi connectivity index (χ2v) is 7.89. The Hall–Kier alpha value is -3.22. The minimum absolute atomic E-state index is 0.202. The first-order chi connectivity index (χ1) is 15.3. The van der Waals surface area contributed by atoms with Gasteiger partial charge in [-0.25, -0.2) is 4.98 Å². The highest BCUT2D eigenvalue weighted by atomic mass is 16.5. The Kier molecular flexibility index (Phi) is 5.65. The summed E-state index contributed by atoms with van der Waals surface area (Å²) >= 11 is 0. The third-order valence-corrected chi connectivity index (χ3v) is 5.72. The summed E-state index contributed by atoms with van der Waals surface area (Å²) in [5.74, 6) is 1.17. The number of ether oxygens (including phenoxy) is 1. The monoisotopic (exact) mass is 415 g/mol. The van der Waals surface area contributed by atoms with Gasteiger partial charge in [0.05, 0.1) is 5.56 Å². The van der Waals surface area contributed by atoms with E-state index < -0.39 is 6.10 Å². The number of aliphatic hydroxyl groups is 1. The van der Waals surface area contributed by atoms with Crippen LogP contribution in [-0.4, -0.2) is 45.8 Å². The van der Waals surface area contributed by atoms with Gasteiger partial charge in [0.25, 0.3) is 0 Å². The van der Waals surface area contributed by atoms with Crippen molar-refractivity contribution < 1.29 is 14.3 Å². The standard InChI is InChI=1S/C25H25N3O3/c29-19(16-28-14-6-10-22(28)18-7-5-13-26-15-18)17-30-23-11-3-1-8-20(23)25-27-21-9-2-4-12-24(21)31-25/h1-5,7-9,11-13,15,19,22,29H,6,10,14,16-17H2. The molecule has 2 aromatic heterocycles. The lowest BCUT2D eigenvalue weighted by Crippen LogP contribution is -2.35. The van der Waals surface area contributed by atoms with Gasteiger partial charge in [-0.2, -0.15) is 0 Å². The number of likely N-dealkylation sites (tertiary alicyclic amines) is 1. The molecule has 0 aliphatic carbocycles. The predicted molar refractivity (Wildman–Crippen MR) is 119 cm³/mol.